The Morgan fingerprint density at radius 2 is 1.94 bits per heavy atom. The lowest BCUT2D eigenvalue weighted by molar-refractivity contribution is -0.163. The van der Waals surface area contributed by atoms with Gasteiger partial charge in [0.1, 0.15) is 5.82 Å². The number of carbonyl (C=O) groups is 1. The number of nitrogens with one attached hydrogen (secondary N) is 1. The Bertz CT molecular complexity index is 437. The van der Waals surface area contributed by atoms with Gasteiger partial charge in [-0.25, -0.2) is 13.2 Å². The molecule has 0 aliphatic heterocycles. The van der Waals surface area contributed by atoms with Gasteiger partial charge in [-0.2, -0.15) is 8.78 Å². The van der Waals surface area contributed by atoms with Gasteiger partial charge in [0.05, 0.1) is 5.69 Å². The normalized spacial score (nSPS) is 11.7. The molecule has 0 saturated heterocycles. The van der Waals surface area contributed by atoms with Crippen molar-refractivity contribution in [3.05, 3.63) is 28.5 Å². The molecule has 0 fully saturated rings. The Morgan fingerprint density at radius 3 is 2.41 bits per heavy atom. The molecule has 0 bridgehead atoms. The first-order valence-electron chi connectivity index (χ1n) is 4.17. The molecule has 0 unspecified atom stereocenters. The second-order valence-corrected chi connectivity index (χ2v) is 3.86. The van der Waals surface area contributed by atoms with Crippen LogP contribution in [0.3, 0.4) is 0 Å². The number of anilines is 1. The SMILES string of the molecule is O=C(Nc1ccc(F)cc1Br)C(F)(F)C(F)F. The molecule has 0 aliphatic rings. The molecule has 0 aliphatic carbocycles. The van der Waals surface area contributed by atoms with Gasteiger partial charge in [0, 0.05) is 4.47 Å². The fourth-order valence-electron chi connectivity index (χ4n) is 0.896. The highest BCUT2D eigenvalue weighted by Gasteiger charge is 2.49. The summed E-state index contributed by atoms with van der Waals surface area (Å²) >= 11 is 2.79. The van der Waals surface area contributed by atoms with E-state index in [2.05, 4.69) is 15.9 Å². The lowest BCUT2D eigenvalue weighted by Gasteiger charge is -2.15. The molecule has 0 saturated carbocycles. The van der Waals surface area contributed by atoms with Crippen molar-refractivity contribution >= 4 is 27.5 Å². The van der Waals surface area contributed by atoms with Crippen LogP contribution in [0.1, 0.15) is 0 Å². The summed E-state index contributed by atoms with van der Waals surface area (Å²) in [6.45, 7) is 0. The molecule has 1 aromatic rings. The molecule has 0 heterocycles. The van der Waals surface area contributed by atoms with Crippen molar-refractivity contribution in [3.8, 4) is 0 Å². The molecule has 0 spiro atoms. The third-order valence-electron chi connectivity index (χ3n) is 1.76. The molecular formula is C9H5BrF5NO. The second-order valence-electron chi connectivity index (χ2n) is 3.00. The van der Waals surface area contributed by atoms with Crippen LogP contribution in [0.4, 0.5) is 27.6 Å². The maximum absolute atomic E-state index is 12.6. The molecule has 1 aromatic carbocycles. The van der Waals surface area contributed by atoms with Gasteiger partial charge in [0.2, 0.25) is 0 Å². The highest BCUT2D eigenvalue weighted by atomic mass is 79.9. The van der Waals surface area contributed by atoms with Gasteiger partial charge in [-0.15, -0.1) is 0 Å². The van der Waals surface area contributed by atoms with Gasteiger partial charge in [-0.1, -0.05) is 0 Å². The van der Waals surface area contributed by atoms with E-state index in [-0.39, 0.29) is 10.2 Å². The van der Waals surface area contributed by atoms with Gasteiger partial charge in [-0.3, -0.25) is 4.79 Å². The summed E-state index contributed by atoms with van der Waals surface area (Å²) in [4.78, 5) is 10.9. The van der Waals surface area contributed by atoms with Gasteiger partial charge >= 0.3 is 18.3 Å². The molecule has 1 amide bonds. The van der Waals surface area contributed by atoms with Gasteiger partial charge in [0.15, 0.2) is 0 Å². The maximum atomic E-state index is 12.6. The van der Waals surface area contributed by atoms with Gasteiger partial charge < -0.3 is 5.32 Å². The van der Waals surface area contributed by atoms with Crippen LogP contribution in [0.15, 0.2) is 22.7 Å². The Morgan fingerprint density at radius 1 is 1.35 bits per heavy atom. The summed E-state index contributed by atoms with van der Waals surface area (Å²) in [6, 6.07) is 2.76. The zero-order valence-electron chi connectivity index (χ0n) is 7.99. The molecular weight excluding hydrogens is 313 g/mol. The first-order chi connectivity index (χ1) is 7.75. The van der Waals surface area contributed by atoms with E-state index in [9.17, 15) is 26.7 Å². The number of halogens is 6. The summed E-state index contributed by atoms with van der Waals surface area (Å²) in [5, 5.41) is 1.58. The first-order valence-corrected chi connectivity index (χ1v) is 4.97. The second kappa shape index (κ2) is 4.99. The fraction of sp³-hybridized carbons (Fsp3) is 0.222. The molecule has 94 valence electrons. The largest absolute Gasteiger partial charge is 0.383 e. The monoisotopic (exact) mass is 317 g/mol. The summed E-state index contributed by atoms with van der Waals surface area (Å²) in [6.07, 6.45) is -4.11. The summed E-state index contributed by atoms with van der Waals surface area (Å²) in [5.74, 6) is -7.62. The zero-order chi connectivity index (χ0) is 13.2. The third kappa shape index (κ3) is 3.15. The van der Waals surface area contributed by atoms with Crippen LogP contribution in [0.25, 0.3) is 0 Å². The fourth-order valence-corrected chi connectivity index (χ4v) is 1.35. The number of alkyl halides is 4. The molecule has 8 heteroatoms. The predicted molar refractivity (Wildman–Crippen MR) is 53.7 cm³/mol. The Kier molecular flexibility index (Phi) is 4.07. The van der Waals surface area contributed by atoms with Gasteiger partial charge in [-0.05, 0) is 34.1 Å². The van der Waals surface area contributed by atoms with E-state index in [1.165, 1.54) is 0 Å². The van der Waals surface area contributed by atoms with E-state index < -0.39 is 24.1 Å². The van der Waals surface area contributed by atoms with Crippen molar-refractivity contribution < 1.29 is 26.7 Å². The van der Waals surface area contributed by atoms with E-state index >= 15 is 0 Å². The van der Waals surface area contributed by atoms with Crippen molar-refractivity contribution in [1.29, 1.82) is 0 Å². The molecule has 1 rings (SSSR count). The van der Waals surface area contributed by atoms with Crippen molar-refractivity contribution in [1.82, 2.24) is 0 Å². The molecule has 2 nitrogen and oxygen atoms in total. The number of benzene rings is 1. The predicted octanol–water partition coefficient (Wildman–Crippen LogP) is 3.43. The van der Waals surface area contributed by atoms with Crippen molar-refractivity contribution in [2.75, 3.05) is 5.32 Å². The Hall–Kier alpha value is -1.18. The molecule has 0 radical (unpaired) electrons. The van der Waals surface area contributed by atoms with Crippen LogP contribution in [0.5, 0.6) is 0 Å². The third-order valence-corrected chi connectivity index (χ3v) is 2.41. The Labute approximate surface area is 101 Å². The Balaban J connectivity index is 2.89. The topological polar surface area (TPSA) is 29.1 Å². The molecule has 1 N–H and O–H groups in total. The van der Waals surface area contributed by atoms with E-state index in [0.29, 0.717) is 0 Å². The smallest absolute Gasteiger partial charge is 0.320 e. The highest BCUT2D eigenvalue weighted by Crippen LogP contribution is 2.28. The van der Waals surface area contributed by atoms with E-state index in [1.807, 2.05) is 0 Å². The summed E-state index contributed by atoms with van der Waals surface area (Å²) < 4.78 is 61.5. The zero-order valence-corrected chi connectivity index (χ0v) is 9.57. The van der Waals surface area contributed by atoms with Crippen molar-refractivity contribution in [2.24, 2.45) is 0 Å². The van der Waals surface area contributed by atoms with Crippen molar-refractivity contribution in [2.45, 2.75) is 12.3 Å². The van der Waals surface area contributed by atoms with E-state index in [1.54, 1.807) is 5.32 Å². The van der Waals surface area contributed by atoms with Crippen LogP contribution in [-0.2, 0) is 4.79 Å². The average Bonchev–Trinajstić information content (AvgIpc) is 2.21. The minimum absolute atomic E-state index is 0.0316. The van der Waals surface area contributed by atoms with E-state index in [0.717, 1.165) is 18.2 Å². The maximum Gasteiger partial charge on any atom is 0.383 e. The van der Waals surface area contributed by atoms with Crippen LogP contribution in [0, 0.1) is 5.82 Å². The molecule has 0 atom stereocenters. The van der Waals surface area contributed by atoms with Crippen LogP contribution < -0.4 is 5.32 Å². The summed E-state index contributed by atoms with van der Waals surface area (Å²) in [7, 11) is 0. The highest BCUT2D eigenvalue weighted by molar-refractivity contribution is 9.10. The molecule has 17 heavy (non-hydrogen) atoms. The number of hydrogen-bond acceptors (Lipinski definition) is 1. The minimum atomic E-state index is -4.80. The standard InChI is InChI=1S/C9H5BrF5NO/c10-5-3-4(11)1-2-6(5)16-8(17)9(14,15)7(12)13/h1-3,7H,(H,16,17). The number of rotatable bonds is 3. The quantitative estimate of drug-likeness (QED) is 0.850. The molecule has 0 aromatic heterocycles. The minimum Gasteiger partial charge on any atom is -0.320 e. The van der Waals surface area contributed by atoms with Gasteiger partial charge in [0.25, 0.3) is 0 Å². The van der Waals surface area contributed by atoms with Crippen LogP contribution >= 0.6 is 15.9 Å². The summed E-state index contributed by atoms with van der Waals surface area (Å²) in [5.41, 5.74) is -0.225. The first kappa shape index (κ1) is 13.9. The van der Waals surface area contributed by atoms with E-state index in [4.69, 9.17) is 0 Å². The number of hydrogen-bond donors (Lipinski definition) is 1. The number of carbonyl (C=O) groups excluding carboxylic acids is 1. The average molecular weight is 318 g/mol. The lowest BCUT2D eigenvalue weighted by Crippen LogP contribution is -2.41. The number of amides is 1. The van der Waals surface area contributed by atoms with Crippen molar-refractivity contribution in [3.63, 3.8) is 0 Å². The van der Waals surface area contributed by atoms with Crippen LogP contribution in [0.2, 0.25) is 0 Å². The van der Waals surface area contributed by atoms with Crippen LogP contribution in [-0.4, -0.2) is 18.3 Å². The lowest BCUT2D eigenvalue weighted by atomic mass is 10.2.